The summed E-state index contributed by atoms with van der Waals surface area (Å²) in [5, 5.41) is 8.70. The first-order chi connectivity index (χ1) is 8.15. The third-order valence-corrected chi connectivity index (χ3v) is 2.32. The molecule has 1 aromatic heterocycles. The van der Waals surface area contributed by atoms with E-state index < -0.39 is 5.97 Å². The van der Waals surface area contributed by atoms with Crippen molar-refractivity contribution in [1.82, 2.24) is 4.98 Å². The van der Waals surface area contributed by atoms with Gasteiger partial charge >= 0.3 is 5.97 Å². The number of aromatic amines is 1. The highest BCUT2D eigenvalue weighted by molar-refractivity contribution is 5.70. The van der Waals surface area contributed by atoms with Crippen LogP contribution in [0.4, 0.5) is 0 Å². The molecule has 0 bridgehead atoms. The number of pyridine rings is 1. The summed E-state index contributed by atoms with van der Waals surface area (Å²) in [7, 11) is 0. The van der Waals surface area contributed by atoms with E-state index in [0.717, 1.165) is 5.56 Å². The highest BCUT2D eigenvalue weighted by Crippen LogP contribution is 2.14. The van der Waals surface area contributed by atoms with Gasteiger partial charge in [0.15, 0.2) is 5.43 Å². The maximum Gasteiger partial charge on any atom is 0.309 e. The summed E-state index contributed by atoms with van der Waals surface area (Å²) in [6.45, 7) is 0. The fourth-order valence-corrected chi connectivity index (χ4v) is 1.63. The van der Waals surface area contributed by atoms with Crippen molar-refractivity contribution in [2.24, 2.45) is 0 Å². The van der Waals surface area contributed by atoms with E-state index in [1.54, 1.807) is 0 Å². The van der Waals surface area contributed by atoms with Crippen LogP contribution < -0.4 is 5.43 Å². The van der Waals surface area contributed by atoms with Crippen molar-refractivity contribution >= 4 is 5.97 Å². The molecular weight excluding hydrogens is 218 g/mol. The number of hydrogen-bond acceptors (Lipinski definition) is 2. The van der Waals surface area contributed by atoms with Crippen LogP contribution in [-0.2, 0) is 11.2 Å². The van der Waals surface area contributed by atoms with Gasteiger partial charge in [-0.2, -0.15) is 0 Å². The molecule has 0 radical (unpaired) electrons. The quantitative estimate of drug-likeness (QED) is 0.841. The van der Waals surface area contributed by atoms with Crippen molar-refractivity contribution in [3.63, 3.8) is 0 Å². The number of benzene rings is 1. The second-order valence-corrected chi connectivity index (χ2v) is 3.69. The fraction of sp³-hybridized carbons (Fsp3) is 0.0769. The van der Waals surface area contributed by atoms with Crippen molar-refractivity contribution in [3.05, 3.63) is 58.4 Å². The first-order valence-electron chi connectivity index (χ1n) is 5.15. The number of carbonyl (C=O) groups is 1. The standard InChI is InChI=1S/C13H11NO3/c15-11-6-10(7-13(16)17)14-12(8-11)9-4-2-1-3-5-9/h1-6,8H,7H2,(H,14,15)(H,16,17). The number of carboxylic acid groups (broad SMARTS) is 1. The van der Waals surface area contributed by atoms with Crippen molar-refractivity contribution in [2.75, 3.05) is 0 Å². The maximum absolute atomic E-state index is 11.5. The Balaban J connectivity index is 2.45. The van der Waals surface area contributed by atoms with E-state index in [2.05, 4.69) is 4.98 Å². The Bertz CT molecular complexity index is 587. The molecule has 86 valence electrons. The summed E-state index contributed by atoms with van der Waals surface area (Å²) in [6.07, 6.45) is -0.185. The lowest BCUT2D eigenvalue weighted by Gasteiger charge is -2.04. The summed E-state index contributed by atoms with van der Waals surface area (Å²) in [5.41, 5.74) is 1.70. The van der Waals surface area contributed by atoms with Gasteiger partial charge in [0.1, 0.15) is 0 Å². The van der Waals surface area contributed by atoms with Gasteiger partial charge in [-0.05, 0) is 5.56 Å². The number of rotatable bonds is 3. The van der Waals surface area contributed by atoms with Gasteiger partial charge in [0.05, 0.1) is 6.42 Å². The topological polar surface area (TPSA) is 70.2 Å². The lowest BCUT2D eigenvalue weighted by atomic mass is 10.1. The van der Waals surface area contributed by atoms with E-state index in [1.165, 1.54) is 12.1 Å². The molecule has 0 atom stereocenters. The number of nitrogens with one attached hydrogen (secondary N) is 1. The van der Waals surface area contributed by atoms with Crippen LogP contribution in [0.25, 0.3) is 11.3 Å². The zero-order valence-corrected chi connectivity index (χ0v) is 9.01. The molecule has 4 heteroatoms. The molecule has 0 aliphatic carbocycles. The molecule has 2 aromatic rings. The van der Waals surface area contributed by atoms with Crippen LogP contribution in [0, 0.1) is 0 Å². The van der Waals surface area contributed by atoms with Gasteiger partial charge in [-0.3, -0.25) is 9.59 Å². The number of carboxylic acids is 1. The smallest absolute Gasteiger partial charge is 0.309 e. The predicted octanol–water partition coefficient (Wildman–Crippen LogP) is 1.67. The molecule has 0 fully saturated rings. The normalized spacial score (nSPS) is 10.1. The molecule has 2 rings (SSSR count). The molecule has 4 nitrogen and oxygen atoms in total. The summed E-state index contributed by atoms with van der Waals surface area (Å²) in [5.74, 6) is -0.967. The molecular formula is C13H11NO3. The predicted molar refractivity (Wildman–Crippen MR) is 63.8 cm³/mol. The van der Waals surface area contributed by atoms with E-state index in [9.17, 15) is 9.59 Å². The van der Waals surface area contributed by atoms with Crippen LogP contribution in [0.3, 0.4) is 0 Å². The molecule has 0 saturated heterocycles. The number of hydrogen-bond donors (Lipinski definition) is 2. The van der Waals surface area contributed by atoms with Crippen molar-refractivity contribution in [2.45, 2.75) is 6.42 Å². The Labute approximate surface area is 97.6 Å². The lowest BCUT2D eigenvalue weighted by Crippen LogP contribution is -2.08. The van der Waals surface area contributed by atoms with Gasteiger partial charge in [-0.15, -0.1) is 0 Å². The minimum Gasteiger partial charge on any atom is -0.481 e. The first kappa shape index (κ1) is 11.1. The number of H-pyrrole nitrogens is 1. The van der Waals surface area contributed by atoms with Crippen LogP contribution >= 0.6 is 0 Å². The van der Waals surface area contributed by atoms with E-state index >= 15 is 0 Å². The Hall–Kier alpha value is -2.36. The van der Waals surface area contributed by atoms with E-state index in [0.29, 0.717) is 11.4 Å². The van der Waals surface area contributed by atoms with Crippen LogP contribution in [0.5, 0.6) is 0 Å². The molecule has 0 aliphatic rings. The molecule has 1 heterocycles. The van der Waals surface area contributed by atoms with Gasteiger partial charge < -0.3 is 10.1 Å². The molecule has 0 saturated carbocycles. The molecule has 0 spiro atoms. The van der Waals surface area contributed by atoms with Gasteiger partial charge in [-0.25, -0.2) is 0 Å². The average Bonchev–Trinajstić information content (AvgIpc) is 2.28. The van der Waals surface area contributed by atoms with Crippen LogP contribution in [-0.4, -0.2) is 16.1 Å². The molecule has 0 amide bonds. The van der Waals surface area contributed by atoms with Crippen molar-refractivity contribution < 1.29 is 9.90 Å². The van der Waals surface area contributed by atoms with Crippen molar-refractivity contribution in [3.8, 4) is 11.3 Å². The monoisotopic (exact) mass is 229 g/mol. The zero-order chi connectivity index (χ0) is 12.3. The van der Waals surface area contributed by atoms with Gasteiger partial charge in [0.2, 0.25) is 0 Å². The Morgan fingerprint density at radius 3 is 2.53 bits per heavy atom. The van der Waals surface area contributed by atoms with Gasteiger partial charge in [0.25, 0.3) is 0 Å². The minimum absolute atomic E-state index is 0.185. The van der Waals surface area contributed by atoms with Crippen LogP contribution in [0.15, 0.2) is 47.3 Å². The summed E-state index contributed by atoms with van der Waals surface area (Å²) in [6, 6.07) is 12.1. The SMILES string of the molecule is O=C(O)Cc1cc(=O)cc(-c2ccccc2)[nH]1. The second-order valence-electron chi connectivity index (χ2n) is 3.69. The molecule has 0 unspecified atom stereocenters. The second kappa shape index (κ2) is 4.65. The van der Waals surface area contributed by atoms with E-state index in [1.807, 2.05) is 30.3 Å². The summed E-state index contributed by atoms with van der Waals surface area (Å²) < 4.78 is 0. The number of aromatic nitrogens is 1. The van der Waals surface area contributed by atoms with E-state index in [-0.39, 0.29) is 11.8 Å². The lowest BCUT2D eigenvalue weighted by molar-refractivity contribution is -0.136. The Morgan fingerprint density at radius 2 is 1.88 bits per heavy atom. The van der Waals surface area contributed by atoms with Gasteiger partial charge in [0, 0.05) is 23.5 Å². The van der Waals surface area contributed by atoms with E-state index in [4.69, 9.17) is 5.11 Å². The molecule has 0 aliphatic heterocycles. The molecule has 2 N–H and O–H groups in total. The zero-order valence-electron chi connectivity index (χ0n) is 9.01. The summed E-state index contributed by atoms with van der Waals surface area (Å²) >= 11 is 0. The van der Waals surface area contributed by atoms with Crippen LogP contribution in [0.1, 0.15) is 5.69 Å². The molecule has 1 aromatic carbocycles. The highest BCUT2D eigenvalue weighted by Gasteiger charge is 2.05. The highest BCUT2D eigenvalue weighted by atomic mass is 16.4. The Morgan fingerprint density at radius 1 is 1.18 bits per heavy atom. The third kappa shape index (κ3) is 2.81. The fourth-order valence-electron chi connectivity index (χ4n) is 1.63. The van der Waals surface area contributed by atoms with Gasteiger partial charge in [-0.1, -0.05) is 30.3 Å². The summed E-state index contributed by atoms with van der Waals surface area (Å²) in [4.78, 5) is 25.0. The Kier molecular flexibility index (Phi) is 3.05. The minimum atomic E-state index is -0.967. The average molecular weight is 229 g/mol. The third-order valence-electron chi connectivity index (χ3n) is 2.32. The van der Waals surface area contributed by atoms with Crippen LogP contribution in [0.2, 0.25) is 0 Å². The maximum atomic E-state index is 11.5. The number of aliphatic carboxylic acids is 1. The molecule has 17 heavy (non-hydrogen) atoms. The van der Waals surface area contributed by atoms with Crippen molar-refractivity contribution in [1.29, 1.82) is 0 Å². The first-order valence-corrected chi connectivity index (χ1v) is 5.15. The largest absolute Gasteiger partial charge is 0.481 e.